The predicted octanol–water partition coefficient (Wildman–Crippen LogP) is 4.86. The van der Waals surface area contributed by atoms with E-state index in [1.54, 1.807) is 4.57 Å². The summed E-state index contributed by atoms with van der Waals surface area (Å²) in [6, 6.07) is 25.3. The fourth-order valence-corrected chi connectivity index (χ4v) is 3.04. The van der Waals surface area contributed by atoms with Crippen molar-refractivity contribution < 1.29 is 0 Å². The van der Waals surface area contributed by atoms with Crippen LogP contribution in [0.1, 0.15) is 17.0 Å². The predicted molar refractivity (Wildman–Crippen MR) is 107 cm³/mol. The van der Waals surface area contributed by atoms with Gasteiger partial charge < -0.3 is 0 Å². The summed E-state index contributed by atoms with van der Waals surface area (Å²) < 4.78 is 1.69. The summed E-state index contributed by atoms with van der Waals surface area (Å²) >= 11 is 0. The molecule has 0 radical (unpaired) electrons. The fourth-order valence-electron chi connectivity index (χ4n) is 3.04. The van der Waals surface area contributed by atoms with Gasteiger partial charge in [0.05, 0.1) is 16.6 Å². The van der Waals surface area contributed by atoms with Crippen molar-refractivity contribution in [2.75, 3.05) is 0 Å². The van der Waals surface area contributed by atoms with Crippen molar-refractivity contribution in [3.8, 4) is 5.69 Å². The minimum Gasteiger partial charge on any atom is -0.268 e. The van der Waals surface area contributed by atoms with Gasteiger partial charge >= 0.3 is 0 Å². The second-order valence-corrected chi connectivity index (χ2v) is 6.16. The van der Waals surface area contributed by atoms with Crippen LogP contribution >= 0.6 is 0 Å². The summed E-state index contributed by atoms with van der Waals surface area (Å²) in [4.78, 5) is 17.9. The second kappa shape index (κ2) is 6.81. The highest BCUT2D eigenvalue weighted by atomic mass is 16.1. The topological polar surface area (TPSA) is 34.9 Å². The summed E-state index contributed by atoms with van der Waals surface area (Å²) in [7, 11) is 0. The fraction of sp³-hybridized carbons (Fsp3) is 0.0435. The molecule has 3 aromatic carbocycles. The van der Waals surface area contributed by atoms with Gasteiger partial charge in [-0.1, -0.05) is 66.7 Å². The molecule has 0 aliphatic rings. The Kier molecular flexibility index (Phi) is 4.20. The average Bonchev–Trinajstić information content (AvgIpc) is 2.68. The molecule has 1 heterocycles. The van der Waals surface area contributed by atoms with Crippen LogP contribution < -0.4 is 5.56 Å². The van der Waals surface area contributed by atoms with Crippen molar-refractivity contribution in [1.29, 1.82) is 0 Å². The van der Waals surface area contributed by atoms with Gasteiger partial charge in [0, 0.05) is 0 Å². The molecule has 0 fully saturated rings. The van der Waals surface area contributed by atoms with Crippen LogP contribution in [0.15, 0.2) is 83.7 Å². The summed E-state index contributed by atoms with van der Waals surface area (Å²) in [5.41, 5.74) is 3.59. The van der Waals surface area contributed by atoms with Gasteiger partial charge in [0.1, 0.15) is 5.82 Å². The zero-order chi connectivity index (χ0) is 17.9. The molecule has 26 heavy (non-hydrogen) atoms. The van der Waals surface area contributed by atoms with Gasteiger partial charge in [-0.3, -0.25) is 9.36 Å². The quantitative estimate of drug-likeness (QED) is 0.534. The van der Waals surface area contributed by atoms with Gasteiger partial charge in [0.2, 0.25) is 0 Å². The number of aromatic nitrogens is 2. The molecule has 4 aromatic rings. The van der Waals surface area contributed by atoms with E-state index >= 15 is 0 Å². The van der Waals surface area contributed by atoms with Gasteiger partial charge in [0.15, 0.2) is 0 Å². The van der Waals surface area contributed by atoms with Crippen LogP contribution in [0.3, 0.4) is 0 Å². The van der Waals surface area contributed by atoms with E-state index in [4.69, 9.17) is 4.98 Å². The minimum absolute atomic E-state index is 0.0578. The van der Waals surface area contributed by atoms with Gasteiger partial charge in [-0.2, -0.15) is 0 Å². The van der Waals surface area contributed by atoms with Gasteiger partial charge in [-0.05, 0) is 42.3 Å². The lowest BCUT2D eigenvalue weighted by Crippen LogP contribution is -2.23. The van der Waals surface area contributed by atoms with E-state index in [9.17, 15) is 4.79 Å². The Morgan fingerprint density at radius 2 is 1.50 bits per heavy atom. The van der Waals surface area contributed by atoms with Crippen LogP contribution in [0, 0.1) is 6.92 Å². The zero-order valence-electron chi connectivity index (χ0n) is 14.5. The first-order chi connectivity index (χ1) is 12.7. The molecule has 126 valence electrons. The number of hydrogen-bond donors (Lipinski definition) is 0. The molecule has 0 amide bonds. The Morgan fingerprint density at radius 1 is 0.808 bits per heavy atom. The van der Waals surface area contributed by atoms with E-state index in [1.165, 1.54) is 0 Å². The molecule has 3 nitrogen and oxygen atoms in total. The lowest BCUT2D eigenvalue weighted by molar-refractivity contribution is 0.934. The highest BCUT2D eigenvalue weighted by Crippen LogP contribution is 2.18. The maximum atomic E-state index is 13.2. The largest absolute Gasteiger partial charge is 0.268 e. The third-order valence-corrected chi connectivity index (χ3v) is 4.38. The maximum Gasteiger partial charge on any atom is 0.266 e. The summed E-state index contributed by atoms with van der Waals surface area (Å²) in [6.45, 7) is 2.00. The molecule has 0 spiro atoms. The normalized spacial score (nSPS) is 11.3. The Balaban J connectivity index is 1.99. The zero-order valence-corrected chi connectivity index (χ0v) is 14.5. The van der Waals surface area contributed by atoms with E-state index in [0.29, 0.717) is 16.7 Å². The van der Waals surface area contributed by atoms with Crippen molar-refractivity contribution in [2.24, 2.45) is 0 Å². The number of rotatable bonds is 3. The van der Waals surface area contributed by atoms with Crippen LogP contribution in [0.25, 0.3) is 28.7 Å². The van der Waals surface area contributed by atoms with Crippen molar-refractivity contribution in [3.63, 3.8) is 0 Å². The number of aryl methyl sites for hydroxylation is 1. The Hall–Kier alpha value is -3.46. The third kappa shape index (κ3) is 2.95. The molecule has 0 saturated carbocycles. The minimum atomic E-state index is -0.0578. The average molecular weight is 338 g/mol. The molecule has 0 aliphatic carbocycles. The van der Waals surface area contributed by atoms with Crippen LogP contribution in [0.5, 0.6) is 0 Å². The number of para-hydroxylation sites is 2. The summed E-state index contributed by atoms with van der Waals surface area (Å²) in [5.74, 6) is 0.617. The molecule has 0 atom stereocenters. The Labute approximate surface area is 151 Å². The second-order valence-electron chi connectivity index (χ2n) is 6.16. The van der Waals surface area contributed by atoms with E-state index in [-0.39, 0.29) is 5.56 Å². The lowest BCUT2D eigenvalue weighted by atomic mass is 10.1. The molecule has 0 bridgehead atoms. The number of benzene rings is 3. The molecular formula is C23H18N2O. The van der Waals surface area contributed by atoms with E-state index < -0.39 is 0 Å². The highest BCUT2D eigenvalue weighted by Gasteiger charge is 2.12. The number of fused-ring (bicyclic) bond motifs is 1. The molecular weight excluding hydrogens is 320 g/mol. The van der Waals surface area contributed by atoms with Crippen LogP contribution in [0.2, 0.25) is 0 Å². The highest BCUT2D eigenvalue weighted by molar-refractivity contribution is 5.80. The van der Waals surface area contributed by atoms with Gasteiger partial charge in [-0.15, -0.1) is 0 Å². The van der Waals surface area contributed by atoms with Crippen LogP contribution in [0.4, 0.5) is 0 Å². The maximum absolute atomic E-state index is 13.2. The van der Waals surface area contributed by atoms with Crippen molar-refractivity contribution in [3.05, 3.63) is 106 Å². The molecule has 1 aromatic heterocycles. The first-order valence-corrected chi connectivity index (χ1v) is 8.55. The van der Waals surface area contributed by atoms with Crippen molar-refractivity contribution >= 4 is 23.1 Å². The van der Waals surface area contributed by atoms with Gasteiger partial charge in [0.25, 0.3) is 5.56 Å². The molecule has 0 aliphatic heterocycles. The first kappa shape index (κ1) is 16.0. The SMILES string of the molecule is Cc1ccccc1-n1c(/C=C/c2ccccc2)nc2ccccc2c1=O. The third-order valence-electron chi connectivity index (χ3n) is 4.38. The number of nitrogens with zero attached hydrogens (tertiary/aromatic N) is 2. The van der Waals surface area contributed by atoms with E-state index in [2.05, 4.69) is 0 Å². The van der Waals surface area contributed by atoms with Gasteiger partial charge in [-0.25, -0.2) is 4.98 Å². The summed E-state index contributed by atoms with van der Waals surface area (Å²) in [5, 5.41) is 0.618. The molecule has 0 unspecified atom stereocenters. The number of hydrogen-bond acceptors (Lipinski definition) is 2. The smallest absolute Gasteiger partial charge is 0.266 e. The van der Waals surface area contributed by atoms with Crippen LogP contribution in [-0.2, 0) is 0 Å². The first-order valence-electron chi connectivity index (χ1n) is 8.55. The molecule has 4 rings (SSSR count). The summed E-state index contributed by atoms with van der Waals surface area (Å²) in [6.07, 6.45) is 3.88. The lowest BCUT2D eigenvalue weighted by Gasteiger charge is -2.13. The Bertz CT molecular complexity index is 1160. The standard InChI is InChI=1S/C23H18N2O/c1-17-9-5-8-14-21(17)25-22(16-15-18-10-3-2-4-11-18)24-20-13-7-6-12-19(20)23(25)26/h2-16H,1H3/b16-15+. The van der Waals surface area contributed by atoms with E-state index in [1.807, 2.05) is 97.9 Å². The van der Waals surface area contributed by atoms with Crippen LogP contribution in [-0.4, -0.2) is 9.55 Å². The molecule has 0 saturated heterocycles. The molecule has 3 heteroatoms. The Morgan fingerprint density at radius 3 is 2.31 bits per heavy atom. The monoisotopic (exact) mass is 338 g/mol. The van der Waals surface area contributed by atoms with E-state index in [0.717, 1.165) is 16.8 Å². The molecule has 0 N–H and O–H groups in total. The van der Waals surface area contributed by atoms with Crippen molar-refractivity contribution in [2.45, 2.75) is 6.92 Å². The van der Waals surface area contributed by atoms with Crippen molar-refractivity contribution in [1.82, 2.24) is 9.55 Å².